The highest BCUT2D eigenvalue weighted by Gasteiger charge is 2.20. The number of carboxylic acid groups (broad SMARTS) is 1. The Morgan fingerprint density at radius 1 is 1.45 bits per heavy atom. The zero-order valence-electron chi connectivity index (χ0n) is 10.6. The molecule has 0 atom stereocenters. The van der Waals surface area contributed by atoms with Crippen molar-refractivity contribution in [3.05, 3.63) is 30.0 Å². The van der Waals surface area contributed by atoms with Crippen LogP contribution >= 0.6 is 0 Å². The summed E-state index contributed by atoms with van der Waals surface area (Å²) in [6.07, 6.45) is 0. The van der Waals surface area contributed by atoms with Crippen LogP contribution in [0.5, 0.6) is 0 Å². The standard InChI is InChI=1S/C13H11N3O4/c1-16-6-12(17)14-8-3-2-7(4-10(8)16)11-5-9(13(18)19)15-20-11/h2-5H,6H2,1H3,(H,14,17)(H,18,19). The number of carbonyl (C=O) groups excluding carboxylic acids is 1. The zero-order chi connectivity index (χ0) is 14.3. The molecular formula is C13H11N3O4. The normalized spacial score (nSPS) is 13.8. The van der Waals surface area contributed by atoms with E-state index in [9.17, 15) is 9.59 Å². The second-order valence-electron chi connectivity index (χ2n) is 4.52. The molecule has 3 rings (SSSR count). The molecule has 102 valence electrons. The lowest BCUT2D eigenvalue weighted by Gasteiger charge is -2.27. The van der Waals surface area contributed by atoms with Crippen molar-refractivity contribution in [1.29, 1.82) is 0 Å². The van der Waals surface area contributed by atoms with E-state index in [1.807, 2.05) is 18.0 Å². The Bertz CT molecular complexity index is 707. The van der Waals surface area contributed by atoms with Crippen LogP contribution in [0.25, 0.3) is 11.3 Å². The summed E-state index contributed by atoms with van der Waals surface area (Å²) < 4.78 is 5.02. The molecule has 1 aromatic heterocycles. The van der Waals surface area contributed by atoms with Gasteiger partial charge in [-0.05, 0) is 18.2 Å². The molecule has 1 aromatic carbocycles. The highest BCUT2D eigenvalue weighted by molar-refractivity contribution is 6.01. The average molecular weight is 273 g/mol. The maximum absolute atomic E-state index is 11.4. The van der Waals surface area contributed by atoms with Gasteiger partial charge in [0.1, 0.15) is 0 Å². The second-order valence-corrected chi connectivity index (χ2v) is 4.52. The van der Waals surface area contributed by atoms with Crippen LogP contribution in [-0.4, -0.2) is 35.7 Å². The number of nitrogens with zero attached hydrogens (tertiary/aromatic N) is 2. The Labute approximate surface area is 113 Å². The van der Waals surface area contributed by atoms with Gasteiger partial charge in [0.15, 0.2) is 11.5 Å². The van der Waals surface area contributed by atoms with Gasteiger partial charge < -0.3 is 19.8 Å². The van der Waals surface area contributed by atoms with Crippen molar-refractivity contribution in [2.75, 3.05) is 23.8 Å². The first kappa shape index (κ1) is 12.2. The van der Waals surface area contributed by atoms with E-state index >= 15 is 0 Å². The molecule has 0 fully saturated rings. The fourth-order valence-electron chi connectivity index (χ4n) is 2.11. The number of aromatic nitrogens is 1. The van der Waals surface area contributed by atoms with Gasteiger partial charge in [-0.1, -0.05) is 5.16 Å². The molecule has 0 aliphatic carbocycles. The van der Waals surface area contributed by atoms with E-state index in [1.54, 1.807) is 12.1 Å². The number of nitrogens with one attached hydrogen (secondary N) is 1. The van der Waals surface area contributed by atoms with E-state index in [4.69, 9.17) is 9.63 Å². The first-order valence-corrected chi connectivity index (χ1v) is 5.90. The first-order valence-electron chi connectivity index (χ1n) is 5.90. The number of carbonyl (C=O) groups is 2. The number of fused-ring (bicyclic) bond motifs is 1. The second kappa shape index (κ2) is 4.37. The molecule has 0 saturated carbocycles. The lowest BCUT2D eigenvalue weighted by molar-refractivity contribution is -0.115. The van der Waals surface area contributed by atoms with E-state index in [2.05, 4.69) is 10.5 Å². The number of anilines is 2. The van der Waals surface area contributed by atoms with E-state index in [1.165, 1.54) is 6.07 Å². The summed E-state index contributed by atoms with van der Waals surface area (Å²) in [6.45, 7) is 0.271. The lowest BCUT2D eigenvalue weighted by atomic mass is 10.1. The van der Waals surface area contributed by atoms with Crippen molar-refractivity contribution < 1.29 is 19.2 Å². The molecule has 0 saturated heterocycles. The SMILES string of the molecule is CN1CC(=O)Nc2ccc(-c3cc(C(=O)O)no3)cc21. The summed E-state index contributed by atoms with van der Waals surface area (Å²) in [5, 5.41) is 15.1. The minimum atomic E-state index is -1.14. The van der Waals surface area contributed by atoms with Crippen molar-refractivity contribution in [1.82, 2.24) is 5.16 Å². The molecule has 0 unspecified atom stereocenters. The molecule has 0 spiro atoms. The van der Waals surface area contributed by atoms with Crippen molar-refractivity contribution in [2.24, 2.45) is 0 Å². The van der Waals surface area contributed by atoms with Crippen molar-refractivity contribution in [3.63, 3.8) is 0 Å². The molecule has 7 heteroatoms. The van der Waals surface area contributed by atoms with E-state index in [0.717, 1.165) is 5.69 Å². The molecule has 1 aliphatic rings. The summed E-state index contributed by atoms with van der Waals surface area (Å²) in [6, 6.07) is 6.68. The van der Waals surface area contributed by atoms with Crippen LogP contribution in [-0.2, 0) is 4.79 Å². The number of hydrogen-bond donors (Lipinski definition) is 2. The third-order valence-corrected chi connectivity index (χ3v) is 3.08. The van der Waals surface area contributed by atoms with E-state index < -0.39 is 5.97 Å². The van der Waals surface area contributed by atoms with Crippen LogP contribution in [0, 0.1) is 0 Å². The molecule has 1 amide bonds. The van der Waals surface area contributed by atoms with Gasteiger partial charge in [0.25, 0.3) is 0 Å². The summed E-state index contributed by atoms with van der Waals surface area (Å²) in [5.41, 5.74) is 2.12. The summed E-state index contributed by atoms with van der Waals surface area (Å²) in [5.74, 6) is -0.835. The average Bonchev–Trinajstić information content (AvgIpc) is 2.88. The van der Waals surface area contributed by atoms with Crippen molar-refractivity contribution in [2.45, 2.75) is 0 Å². The number of rotatable bonds is 2. The number of hydrogen-bond acceptors (Lipinski definition) is 5. The summed E-state index contributed by atoms with van der Waals surface area (Å²) >= 11 is 0. The third-order valence-electron chi connectivity index (χ3n) is 3.08. The predicted octanol–water partition coefficient (Wildman–Crippen LogP) is 1.43. The number of aromatic carboxylic acids is 1. The Morgan fingerprint density at radius 3 is 2.95 bits per heavy atom. The van der Waals surface area contributed by atoms with Crippen LogP contribution in [0.4, 0.5) is 11.4 Å². The van der Waals surface area contributed by atoms with Gasteiger partial charge >= 0.3 is 5.97 Å². The number of benzene rings is 1. The van der Waals surface area contributed by atoms with E-state index in [-0.39, 0.29) is 18.1 Å². The van der Waals surface area contributed by atoms with Crippen molar-refractivity contribution >= 4 is 23.3 Å². The van der Waals surface area contributed by atoms with Gasteiger partial charge in [-0.15, -0.1) is 0 Å². The smallest absolute Gasteiger partial charge is 0.358 e. The van der Waals surface area contributed by atoms with E-state index in [0.29, 0.717) is 17.0 Å². The van der Waals surface area contributed by atoms with Crippen LogP contribution in [0.15, 0.2) is 28.8 Å². The van der Waals surface area contributed by atoms with Crippen LogP contribution in [0.1, 0.15) is 10.5 Å². The largest absolute Gasteiger partial charge is 0.476 e. The van der Waals surface area contributed by atoms with Crippen LogP contribution in [0.2, 0.25) is 0 Å². The fraction of sp³-hybridized carbons (Fsp3) is 0.154. The highest BCUT2D eigenvalue weighted by Crippen LogP contribution is 2.33. The zero-order valence-corrected chi connectivity index (χ0v) is 10.6. The molecule has 1 aliphatic heterocycles. The minimum Gasteiger partial charge on any atom is -0.476 e. The Hall–Kier alpha value is -2.83. The monoisotopic (exact) mass is 273 g/mol. The topological polar surface area (TPSA) is 95.7 Å². The first-order chi connectivity index (χ1) is 9.54. The maximum Gasteiger partial charge on any atom is 0.358 e. The third kappa shape index (κ3) is 1.99. The van der Waals surface area contributed by atoms with Gasteiger partial charge in [-0.3, -0.25) is 4.79 Å². The molecule has 2 N–H and O–H groups in total. The van der Waals surface area contributed by atoms with Gasteiger partial charge in [-0.25, -0.2) is 4.79 Å². The molecule has 0 radical (unpaired) electrons. The predicted molar refractivity (Wildman–Crippen MR) is 70.8 cm³/mol. The molecule has 2 heterocycles. The summed E-state index contributed by atoms with van der Waals surface area (Å²) in [7, 11) is 1.81. The number of amides is 1. The van der Waals surface area contributed by atoms with Crippen molar-refractivity contribution in [3.8, 4) is 11.3 Å². The molecule has 7 nitrogen and oxygen atoms in total. The Morgan fingerprint density at radius 2 is 2.25 bits per heavy atom. The molecule has 2 aromatic rings. The Kier molecular flexibility index (Phi) is 2.67. The quantitative estimate of drug-likeness (QED) is 0.859. The summed E-state index contributed by atoms with van der Waals surface area (Å²) in [4.78, 5) is 24.0. The number of carboxylic acids is 1. The van der Waals surface area contributed by atoms with Gasteiger partial charge in [-0.2, -0.15) is 0 Å². The fourth-order valence-corrected chi connectivity index (χ4v) is 2.11. The molecular weight excluding hydrogens is 262 g/mol. The highest BCUT2D eigenvalue weighted by atomic mass is 16.5. The van der Waals surface area contributed by atoms with Crippen LogP contribution < -0.4 is 10.2 Å². The van der Waals surface area contributed by atoms with Gasteiger partial charge in [0.2, 0.25) is 5.91 Å². The van der Waals surface area contributed by atoms with Gasteiger partial charge in [0.05, 0.1) is 17.9 Å². The van der Waals surface area contributed by atoms with Crippen LogP contribution in [0.3, 0.4) is 0 Å². The van der Waals surface area contributed by atoms with Gasteiger partial charge in [0, 0.05) is 18.7 Å². The number of likely N-dealkylation sites (N-methyl/N-ethyl adjacent to an activating group) is 1. The lowest BCUT2D eigenvalue weighted by Crippen LogP contribution is -2.35. The minimum absolute atomic E-state index is 0.0689. The molecule has 0 bridgehead atoms. The maximum atomic E-state index is 11.4. The Balaban J connectivity index is 2.01. The molecule has 20 heavy (non-hydrogen) atoms.